The van der Waals surface area contributed by atoms with Crippen LogP contribution < -0.4 is 5.32 Å². The van der Waals surface area contributed by atoms with Gasteiger partial charge in [-0.3, -0.25) is 4.99 Å². The lowest BCUT2D eigenvalue weighted by molar-refractivity contribution is 0.0698. The second kappa shape index (κ2) is 8.64. The topological polar surface area (TPSA) is 87.5 Å². The molecule has 34 heavy (non-hydrogen) atoms. The number of aromatic nitrogens is 2. The van der Waals surface area contributed by atoms with Crippen molar-refractivity contribution in [3.05, 3.63) is 106 Å². The SMILES string of the molecule is O=C(O)c1ccccc1Nc1ncc2c(n1)-c1ccc(Cl)cc1C(c1c(F)cccc1F)=NC2. The molecule has 1 aromatic heterocycles. The average Bonchev–Trinajstić information content (AvgIpc) is 2.96. The van der Waals surface area contributed by atoms with Crippen molar-refractivity contribution >= 4 is 34.9 Å². The lowest BCUT2D eigenvalue weighted by Gasteiger charge is -2.14. The van der Waals surface area contributed by atoms with Gasteiger partial charge in [0.25, 0.3) is 0 Å². The van der Waals surface area contributed by atoms with Crippen LogP contribution in [0.15, 0.2) is 71.9 Å². The summed E-state index contributed by atoms with van der Waals surface area (Å²) in [5.41, 5.74) is 2.37. The summed E-state index contributed by atoms with van der Waals surface area (Å²) in [6, 6.07) is 15.0. The first-order valence-corrected chi connectivity index (χ1v) is 10.5. The van der Waals surface area contributed by atoms with Crippen molar-refractivity contribution in [2.45, 2.75) is 6.54 Å². The van der Waals surface area contributed by atoms with E-state index < -0.39 is 17.6 Å². The lowest BCUT2D eigenvalue weighted by Crippen LogP contribution is -2.10. The van der Waals surface area contributed by atoms with E-state index >= 15 is 0 Å². The fraction of sp³-hybridized carbons (Fsp3) is 0.0400. The maximum Gasteiger partial charge on any atom is 0.337 e. The number of para-hydroxylation sites is 1. The van der Waals surface area contributed by atoms with Gasteiger partial charge in [0.2, 0.25) is 5.95 Å². The number of anilines is 2. The van der Waals surface area contributed by atoms with E-state index in [9.17, 15) is 18.7 Å². The Bertz CT molecular complexity index is 1470. The molecule has 1 aliphatic heterocycles. The van der Waals surface area contributed by atoms with Gasteiger partial charge in [-0.15, -0.1) is 0 Å². The third kappa shape index (κ3) is 3.88. The van der Waals surface area contributed by atoms with Crippen LogP contribution in [0.1, 0.15) is 27.0 Å². The molecule has 2 N–H and O–H groups in total. The minimum atomic E-state index is -1.09. The third-order valence-electron chi connectivity index (χ3n) is 5.37. The van der Waals surface area contributed by atoms with Gasteiger partial charge in [0.1, 0.15) is 11.6 Å². The molecule has 0 fully saturated rings. The van der Waals surface area contributed by atoms with Crippen LogP contribution in [-0.4, -0.2) is 26.8 Å². The molecule has 0 amide bonds. The number of fused-ring (bicyclic) bond motifs is 3. The summed E-state index contributed by atoms with van der Waals surface area (Å²) in [5, 5.41) is 12.8. The summed E-state index contributed by atoms with van der Waals surface area (Å²) in [5.74, 6) is -2.42. The van der Waals surface area contributed by atoms with Crippen molar-refractivity contribution in [2.75, 3.05) is 5.32 Å². The highest BCUT2D eigenvalue weighted by atomic mass is 35.5. The lowest BCUT2D eigenvalue weighted by atomic mass is 9.95. The molecule has 1 aliphatic rings. The molecule has 0 radical (unpaired) electrons. The summed E-state index contributed by atoms with van der Waals surface area (Å²) in [6.07, 6.45) is 1.55. The van der Waals surface area contributed by atoms with Crippen molar-refractivity contribution in [3.63, 3.8) is 0 Å². The van der Waals surface area contributed by atoms with E-state index in [0.717, 1.165) is 0 Å². The number of benzene rings is 3. The molecular formula is C25H15ClF2N4O2. The van der Waals surface area contributed by atoms with Crippen molar-refractivity contribution in [2.24, 2.45) is 4.99 Å². The number of hydrogen-bond acceptors (Lipinski definition) is 5. The average molecular weight is 477 g/mol. The molecule has 0 saturated carbocycles. The van der Waals surface area contributed by atoms with Gasteiger partial charge in [0.05, 0.1) is 34.8 Å². The quantitative estimate of drug-likeness (QED) is 0.385. The maximum atomic E-state index is 14.7. The molecule has 0 aliphatic carbocycles. The van der Waals surface area contributed by atoms with Crippen molar-refractivity contribution in [1.29, 1.82) is 0 Å². The van der Waals surface area contributed by atoms with Gasteiger partial charge in [-0.05, 0) is 36.4 Å². The Labute approximate surface area is 197 Å². The van der Waals surface area contributed by atoms with E-state index in [1.807, 2.05) is 0 Å². The first-order valence-electron chi connectivity index (χ1n) is 10.2. The number of carboxylic acid groups (broad SMARTS) is 1. The number of carbonyl (C=O) groups is 1. The molecule has 9 heteroatoms. The number of halogens is 3. The van der Waals surface area contributed by atoms with Gasteiger partial charge in [0, 0.05) is 27.9 Å². The van der Waals surface area contributed by atoms with Crippen LogP contribution in [0.4, 0.5) is 20.4 Å². The predicted octanol–water partition coefficient (Wildman–Crippen LogP) is 5.87. The van der Waals surface area contributed by atoms with E-state index in [-0.39, 0.29) is 29.3 Å². The molecular weight excluding hydrogens is 462 g/mol. The Morgan fingerprint density at radius 1 is 1.00 bits per heavy atom. The summed E-state index contributed by atoms with van der Waals surface area (Å²) in [4.78, 5) is 24.9. The fourth-order valence-corrected chi connectivity index (χ4v) is 3.99. The van der Waals surface area contributed by atoms with Crippen LogP contribution in [-0.2, 0) is 6.54 Å². The van der Waals surface area contributed by atoms with Gasteiger partial charge >= 0.3 is 5.97 Å². The largest absolute Gasteiger partial charge is 0.478 e. The van der Waals surface area contributed by atoms with Crippen molar-refractivity contribution in [3.8, 4) is 11.3 Å². The van der Waals surface area contributed by atoms with Gasteiger partial charge < -0.3 is 10.4 Å². The van der Waals surface area contributed by atoms with Crippen molar-refractivity contribution < 1.29 is 18.7 Å². The molecule has 168 valence electrons. The van der Waals surface area contributed by atoms with Gasteiger partial charge in [-0.1, -0.05) is 35.9 Å². The molecule has 2 heterocycles. The van der Waals surface area contributed by atoms with Crippen LogP contribution in [0.3, 0.4) is 0 Å². The van der Waals surface area contributed by atoms with Crippen LogP contribution in [0.25, 0.3) is 11.3 Å². The number of nitrogens with one attached hydrogen (secondary N) is 1. The van der Waals surface area contributed by atoms with E-state index in [4.69, 9.17) is 11.6 Å². The highest BCUT2D eigenvalue weighted by Gasteiger charge is 2.25. The Hall–Kier alpha value is -4.17. The maximum absolute atomic E-state index is 14.7. The van der Waals surface area contributed by atoms with E-state index in [0.29, 0.717) is 33.1 Å². The van der Waals surface area contributed by atoms with Gasteiger partial charge in [-0.2, -0.15) is 0 Å². The Morgan fingerprint density at radius 3 is 2.53 bits per heavy atom. The number of rotatable bonds is 4. The second-order valence-electron chi connectivity index (χ2n) is 7.49. The fourth-order valence-electron chi connectivity index (χ4n) is 3.82. The first kappa shape index (κ1) is 21.7. The van der Waals surface area contributed by atoms with Crippen LogP contribution in [0.2, 0.25) is 5.02 Å². The molecule has 6 nitrogen and oxygen atoms in total. The zero-order valence-electron chi connectivity index (χ0n) is 17.4. The number of hydrogen-bond donors (Lipinski definition) is 2. The zero-order chi connectivity index (χ0) is 23.8. The van der Waals surface area contributed by atoms with Gasteiger partial charge in [-0.25, -0.2) is 23.5 Å². The molecule has 0 atom stereocenters. The zero-order valence-corrected chi connectivity index (χ0v) is 18.1. The normalized spacial score (nSPS) is 12.3. The minimum absolute atomic E-state index is 0.0638. The minimum Gasteiger partial charge on any atom is -0.478 e. The number of carboxylic acids is 1. The summed E-state index contributed by atoms with van der Waals surface area (Å²) < 4.78 is 29.3. The number of aliphatic imine (C=N–C) groups is 1. The smallest absolute Gasteiger partial charge is 0.337 e. The molecule has 0 unspecified atom stereocenters. The van der Waals surface area contributed by atoms with Crippen LogP contribution in [0.5, 0.6) is 0 Å². The molecule has 3 aromatic carbocycles. The molecule has 5 rings (SSSR count). The summed E-state index contributed by atoms with van der Waals surface area (Å²) >= 11 is 6.23. The summed E-state index contributed by atoms with van der Waals surface area (Å²) in [6.45, 7) is 0.0801. The predicted molar refractivity (Wildman–Crippen MR) is 125 cm³/mol. The highest BCUT2D eigenvalue weighted by molar-refractivity contribution is 6.31. The van der Waals surface area contributed by atoms with E-state index in [1.54, 1.807) is 42.6 Å². The monoisotopic (exact) mass is 476 g/mol. The molecule has 0 bridgehead atoms. The van der Waals surface area contributed by atoms with E-state index in [2.05, 4.69) is 20.3 Å². The molecule has 4 aromatic rings. The highest BCUT2D eigenvalue weighted by Crippen LogP contribution is 2.35. The number of nitrogens with zero attached hydrogens (tertiary/aromatic N) is 3. The van der Waals surface area contributed by atoms with Gasteiger partial charge in [0.15, 0.2) is 0 Å². The van der Waals surface area contributed by atoms with E-state index in [1.165, 1.54) is 24.3 Å². The number of aromatic carboxylic acids is 1. The Morgan fingerprint density at radius 2 is 1.76 bits per heavy atom. The second-order valence-corrected chi connectivity index (χ2v) is 7.93. The first-order chi connectivity index (χ1) is 16.4. The van der Waals surface area contributed by atoms with Crippen molar-refractivity contribution in [1.82, 2.24) is 9.97 Å². The summed E-state index contributed by atoms with van der Waals surface area (Å²) in [7, 11) is 0. The Kier molecular flexibility index (Phi) is 5.51. The molecule has 0 saturated heterocycles. The van der Waals surface area contributed by atoms with Crippen LogP contribution in [0, 0.1) is 11.6 Å². The third-order valence-corrected chi connectivity index (χ3v) is 5.60. The van der Waals surface area contributed by atoms with Crippen LogP contribution >= 0.6 is 11.6 Å². The Balaban J connectivity index is 1.64. The standard InChI is InChI=1S/C25H15ClF2N4O2/c26-14-8-9-15-17(10-14)23(21-18(27)5-3-6-19(21)28)29-11-13-12-30-25(32-22(13)15)31-20-7-2-1-4-16(20)24(33)34/h1-10,12H,11H2,(H,33,34)(H,30,31,32). The molecule has 0 spiro atoms.